The van der Waals surface area contributed by atoms with Gasteiger partial charge in [-0.2, -0.15) is 0 Å². The van der Waals surface area contributed by atoms with E-state index in [-0.39, 0.29) is 25.7 Å². The number of rotatable bonds is 12. The van der Waals surface area contributed by atoms with Gasteiger partial charge < -0.3 is 59.2 Å². The van der Waals surface area contributed by atoms with Crippen molar-refractivity contribution in [1.82, 2.24) is 19.6 Å². The smallest absolute Gasteiger partial charge is 0.0427 e. The fourth-order valence-corrected chi connectivity index (χ4v) is 3.94. The Morgan fingerprint density at radius 3 is 0.794 bits per heavy atom. The van der Waals surface area contributed by atoms with Gasteiger partial charge in [0.25, 0.3) is 0 Å². The van der Waals surface area contributed by atoms with E-state index in [0.29, 0.717) is 91.4 Å². The van der Waals surface area contributed by atoms with Gasteiger partial charge in [-0.25, -0.2) is 0 Å². The maximum atomic E-state index is 10.9. The molecule has 1 saturated heterocycles. The molecule has 0 aliphatic carbocycles. The molecule has 0 aromatic heterocycles. The molecule has 12 heteroatoms. The van der Waals surface area contributed by atoms with Crippen LogP contribution in [0.4, 0.5) is 0 Å². The van der Waals surface area contributed by atoms with Crippen molar-refractivity contribution in [1.29, 1.82) is 0 Å². The number of hydrogen-bond acceptors (Lipinski definition) is 12. The molecule has 1 heterocycles. The Morgan fingerprint density at radius 1 is 0.412 bits per heavy atom. The number of carbonyl (C=O) groups excluding carboxylic acids is 4. The maximum Gasteiger partial charge on any atom is 0.0427 e. The summed E-state index contributed by atoms with van der Waals surface area (Å²) in [6.45, 7) is 5.83. The highest BCUT2D eigenvalue weighted by Gasteiger charge is 2.15. The third kappa shape index (κ3) is 15.5. The molecule has 0 atom stereocenters. The van der Waals surface area contributed by atoms with Gasteiger partial charge in [-0.3, -0.25) is 0 Å². The van der Waals surface area contributed by atoms with Gasteiger partial charge in [-0.1, -0.05) is 0 Å². The van der Waals surface area contributed by atoms with Crippen LogP contribution in [0.25, 0.3) is 0 Å². The first kappa shape index (κ1) is 29.8. The second-order valence-electron chi connectivity index (χ2n) is 8.56. The summed E-state index contributed by atoms with van der Waals surface area (Å²) < 4.78 is 0. The van der Waals surface area contributed by atoms with Gasteiger partial charge in [0.05, 0.1) is 0 Å². The Labute approximate surface area is 200 Å². The molecule has 0 spiro atoms. The molecule has 0 radical (unpaired) electrons. The van der Waals surface area contributed by atoms with Gasteiger partial charge >= 0.3 is 0 Å². The van der Waals surface area contributed by atoms with Crippen LogP contribution in [-0.4, -0.2) is 122 Å². The molecule has 1 rings (SSSR count). The van der Waals surface area contributed by atoms with Crippen LogP contribution < -0.4 is 20.4 Å². The number of carbonyl (C=O) groups is 4. The minimum Gasteiger partial charge on any atom is -0.550 e. The normalized spacial score (nSPS) is 18.8. The molecular formula is C22H36N4O8-4. The Hall–Kier alpha value is -2.28. The summed E-state index contributed by atoms with van der Waals surface area (Å²) in [5, 5.41) is 43.7. The largest absolute Gasteiger partial charge is 0.550 e. The lowest BCUT2D eigenvalue weighted by Gasteiger charge is -2.32. The van der Waals surface area contributed by atoms with E-state index in [2.05, 4.69) is 0 Å². The van der Waals surface area contributed by atoms with Gasteiger partial charge in [-0.05, 0) is 64.7 Å². The van der Waals surface area contributed by atoms with Crippen molar-refractivity contribution in [2.45, 2.75) is 38.5 Å². The highest BCUT2D eigenvalue weighted by Crippen LogP contribution is 2.05. The molecular weight excluding hydrogens is 448 g/mol. The number of hydrogen-bond donors (Lipinski definition) is 0. The zero-order valence-corrected chi connectivity index (χ0v) is 19.8. The van der Waals surface area contributed by atoms with Crippen molar-refractivity contribution in [3.8, 4) is 0 Å². The Bertz CT molecular complexity index is 542. The number of nitrogens with zero attached hydrogens (tertiary/aromatic N) is 4. The van der Waals surface area contributed by atoms with Crippen molar-refractivity contribution >= 4 is 23.9 Å². The van der Waals surface area contributed by atoms with E-state index in [1.807, 2.05) is 19.6 Å². The Balaban J connectivity index is 2.87. The fourth-order valence-electron chi connectivity index (χ4n) is 3.94. The minimum absolute atomic E-state index is 0.110. The molecule has 0 amide bonds. The molecule has 34 heavy (non-hydrogen) atoms. The van der Waals surface area contributed by atoms with Crippen LogP contribution in [0.3, 0.4) is 0 Å². The molecule has 0 bridgehead atoms. The van der Waals surface area contributed by atoms with Crippen LogP contribution in [-0.2, 0) is 19.2 Å². The van der Waals surface area contributed by atoms with Crippen LogP contribution in [0.2, 0.25) is 0 Å². The molecule has 0 unspecified atom stereocenters. The third-order valence-electron chi connectivity index (χ3n) is 5.89. The van der Waals surface area contributed by atoms with Crippen LogP contribution in [0.5, 0.6) is 0 Å². The summed E-state index contributed by atoms with van der Waals surface area (Å²) in [4.78, 5) is 51.7. The first-order chi connectivity index (χ1) is 16.2. The molecule has 0 N–H and O–H groups in total. The van der Waals surface area contributed by atoms with Crippen LogP contribution in [0, 0.1) is 0 Å². The van der Waals surface area contributed by atoms with Crippen LogP contribution >= 0.6 is 0 Å². The Morgan fingerprint density at radius 2 is 0.618 bits per heavy atom. The van der Waals surface area contributed by atoms with Crippen LogP contribution in [0.1, 0.15) is 38.5 Å². The van der Waals surface area contributed by atoms with Gasteiger partial charge in [-0.15, -0.1) is 0 Å². The summed E-state index contributed by atoms with van der Waals surface area (Å²) in [6, 6.07) is 0. The summed E-state index contributed by atoms with van der Waals surface area (Å²) in [6.07, 6.45) is 0.916. The predicted molar refractivity (Wildman–Crippen MR) is 113 cm³/mol. The third-order valence-corrected chi connectivity index (χ3v) is 5.89. The number of aliphatic carboxylic acids is 4. The van der Waals surface area contributed by atoms with E-state index >= 15 is 0 Å². The Kier molecular flexibility index (Phi) is 15.0. The molecule has 0 aromatic rings. The second kappa shape index (κ2) is 17.2. The van der Waals surface area contributed by atoms with Crippen molar-refractivity contribution in [2.24, 2.45) is 0 Å². The van der Waals surface area contributed by atoms with Gasteiger partial charge in [0.15, 0.2) is 0 Å². The molecule has 1 aliphatic heterocycles. The average molecular weight is 485 g/mol. The van der Waals surface area contributed by atoms with E-state index in [1.165, 1.54) is 0 Å². The zero-order chi connectivity index (χ0) is 25.3. The van der Waals surface area contributed by atoms with Crippen molar-refractivity contribution in [2.75, 3.05) is 78.5 Å². The second-order valence-corrected chi connectivity index (χ2v) is 8.56. The SMILES string of the molecule is O=C([O-])CCN1CCCN(CCC(=O)[O-])CCN(CCC(=O)[O-])CCCN(CCC(=O)[O-])CC1. The highest BCUT2D eigenvalue weighted by molar-refractivity contribution is 5.65. The summed E-state index contributed by atoms with van der Waals surface area (Å²) >= 11 is 0. The lowest BCUT2D eigenvalue weighted by molar-refractivity contribution is -0.307. The zero-order valence-electron chi connectivity index (χ0n) is 19.8. The van der Waals surface area contributed by atoms with Gasteiger partial charge in [0.1, 0.15) is 0 Å². The van der Waals surface area contributed by atoms with E-state index in [0.717, 1.165) is 0 Å². The standard InChI is InChI=1S/C22H40N4O8/c27-19(28)3-11-23-7-1-8-24(12-4-20(29)30)16-18-26(14-6-22(33)34)10-2-9-25(17-15-23)13-5-21(31)32/h1-18H2,(H,27,28)(H,29,30)(H,31,32)(H,33,34)/p-4. The lowest BCUT2D eigenvalue weighted by atomic mass is 10.2. The summed E-state index contributed by atoms with van der Waals surface area (Å²) in [5.41, 5.74) is 0. The maximum absolute atomic E-state index is 10.9. The average Bonchev–Trinajstić information content (AvgIpc) is 2.76. The van der Waals surface area contributed by atoms with E-state index in [4.69, 9.17) is 0 Å². The van der Waals surface area contributed by atoms with E-state index in [9.17, 15) is 39.6 Å². The first-order valence-electron chi connectivity index (χ1n) is 11.8. The lowest BCUT2D eigenvalue weighted by Crippen LogP contribution is -2.43. The summed E-state index contributed by atoms with van der Waals surface area (Å²) in [5.74, 6) is -4.55. The molecule has 12 nitrogen and oxygen atoms in total. The fraction of sp³-hybridized carbons (Fsp3) is 0.818. The van der Waals surface area contributed by atoms with Crippen molar-refractivity contribution in [3.63, 3.8) is 0 Å². The number of carboxylic acid groups (broad SMARTS) is 4. The monoisotopic (exact) mass is 484 g/mol. The van der Waals surface area contributed by atoms with E-state index in [1.54, 1.807) is 0 Å². The van der Waals surface area contributed by atoms with Crippen molar-refractivity contribution < 1.29 is 39.6 Å². The van der Waals surface area contributed by atoms with Gasteiger partial charge in [0.2, 0.25) is 0 Å². The quantitative estimate of drug-likeness (QED) is 0.257. The molecule has 196 valence electrons. The molecule has 1 fully saturated rings. The minimum atomic E-state index is -1.14. The molecule has 0 aromatic carbocycles. The summed E-state index contributed by atoms with van der Waals surface area (Å²) in [7, 11) is 0. The first-order valence-corrected chi connectivity index (χ1v) is 11.8. The highest BCUT2D eigenvalue weighted by atomic mass is 16.4. The predicted octanol–water partition coefficient (Wildman–Crippen LogP) is -5.45. The molecule has 1 aliphatic rings. The van der Waals surface area contributed by atoms with Gasteiger partial charge in [0, 0.05) is 76.2 Å². The topological polar surface area (TPSA) is 173 Å². The van der Waals surface area contributed by atoms with Crippen LogP contribution in [0.15, 0.2) is 0 Å². The van der Waals surface area contributed by atoms with Crippen molar-refractivity contribution in [3.05, 3.63) is 0 Å². The number of carboxylic acids is 4. The molecule has 0 saturated carbocycles. The van der Waals surface area contributed by atoms with E-state index < -0.39 is 23.9 Å².